The highest BCUT2D eigenvalue weighted by Gasteiger charge is 2.29. The Morgan fingerprint density at radius 1 is 1.00 bits per heavy atom. The number of fused-ring (bicyclic) bond motifs is 1. The molecule has 4 rings (SSSR count). The van der Waals surface area contributed by atoms with Gasteiger partial charge in [0.2, 0.25) is 0 Å². The number of hydrogen-bond acceptors (Lipinski definition) is 4. The predicted molar refractivity (Wildman–Crippen MR) is 158 cm³/mol. The molecule has 0 radical (unpaired) electrons. The Morgan fingerprint density at radius 2 is 1.74 bits per heavy atom. The van der Waals surface area contributed by atoms with Crippen molar-refractivity contribution < 1.29 is 9.53 Å². The van der Waals surface area contributed by atoms with Crippen LogP contribution in [0.25, 0.3) is 16.6 Å². The van der Waals surface area contributed by atoms with Gasteiger partial charge < -0.3 is 15.0 Å². The lowest BCUT2D eigenvalue weighted by atomic mass is 10.1. The van der Waals surface area contributed by atoms with Crippen LogP contribution in [0.3, 0.4) is 0 Å². The van der Waals surface area contributed by atoms with E-state index in [9.17, 15) is 9.59 Å². The fourth-order valence-corrected chi connectivity index (χ4v) is 4.90. The van der Waals surface area contributed by atoms with Crippen LogP contribution in [0.15, 0.2) is 71.5 Å². The van der Waals surface area contributed by atoms with E-state index in [2.05, 4.69) is 12.2 Å². The highest BCUT2D eigenvalue weighted by atomic mass is 16.5. The molecule has 0 aliphatic rings. The van der Waals surface area contributed by atoms with Crippen molar-refractivity contribution >= 4 is 22.6 Å². The normalized spacial score (nSPS) is 11.8. The maximum Gasteiger partial charge on any atom is 0.322 e. The quantitative estimate of drug-likeness (QED) is 0.222. The Kier molecular flexibility index (Phi) is 9.02. The highest BCUT2D eigenvalue weighted by Crippen LogP contribution is 2.29. The molecule has 0 fully saturated rings. The average molecular weight is 527 g/mol. The van der Waals surface area contributed by atoms with Gasteiger partial charge in [-0.25, -0.2) is 9.78 Å². The summed E-state index contributed by atoms with van der Waals surface area (Å²) in [5.74, 6) is 1.14. The molecule has 0 saturated heterocycles. The number of carbonyl (C=O) groups is 1. The molecule has 3 aromatic carbocycles. The van der Waals surface area contributed by atoms with Gasteiger partial charge in [0.05, 0.1) is 35.4 Å². The second-order valence-corrected chi connectivity index (χ2v) is 9.85. The van der Waals surface area contributed by atoms with Crippen molar-refractivity contribution in [1.82, 2.24) is 14.5 Å². The summed E-state index contributed by atoms with van der Waals surface area (Å²) in [4.78, 5) is 34.7. The van der Waals surface area contributed by atoms with Crippen molar-refractivity contribution in [3.8, 4) is 11.4 Å². The first-order valence-corrected chi connectivity index (χ1v) is 13.7. The van der Waals surface area contributed by atoms with E-state index in [1.807, 2.05) is 86.3 Å². The maximum atomic E-state index is 14.0. The summed E-state index contributed by atoms with van der Waals surface area (Å²) in [5, 5.41) is 3.59. The first-order valence-electron chi connectivity index (χ1n) is 13.7. The SMILES string of the molecule is CCCCCN(C(=O)Nc1ccccc1OC)C(CC)c1nc2ccccc2c(=O)n1-c1ccc(C)c(C)c1. The molecule has 0 bridgehead atoms. The molecule has 0 aliphatic heterocycles. The molecule has 1 N–H and O–H groups in total. The highest BCUT2D eigenvalue weighted by molar-refractivity contribution is 5.91. The third kappa shape index (κ3) is 5.98. The molecule has 4 aromatic rings. The second-order valence-electron chi connectivity index (χ2n) is 9.85. The van der Waals surface area contributed by atoms with Gasteiger partial charge in [0, 0.05) is 6.54 Å². The van der Waals surface area contributed by atoms with Crippen molar-refractivity contribution in [3.63, 3.8) is 0 Å². The molecule has 0 spiro atoms. The number of nitrogens with zero attached hydrogens (tertiary/aromatic N) is 3. The monoisotopic (exact) mass is 526 g/mol. The molecule has 204 valence electrons. The summed E-state index contributed by atoms with van der Waals surface area (Å²) in [5.41, 5.74) is 4.05. The number of amides is 2. The van der Waals surface area contributed by atoms with E-state index in [4.69, 9.17) is 9.72 Å². The molecule has 7 nitrogen and oxygen atoms in total. The van der Waals surface area contributed by atoms with Crippen molar-refractivity contribution in [2.24, 2.45) is 0 Å². The molecule has 39 heavy (non-hydrogen) atoms. The number of carbonyl (C=O) groups excluding carboxylic acids is 1. The summed E-state index contributed by atoms with van der Waals surface area (Å²) in [6.45, 7) is 8.78. The van der Waals surface area contributed by atoms with Gasteiger partial charge in [0.1, 0.15) is 11.6 Å². The zero-order valence-electron chi connectivity index (χ0n) is 23.5. The topological polar surface area (TPSA) is 76.5 Å². The molecule has 2 amide bonds. The second kappa shape index (κ2) is 12.6. The summed E-state index contributed by atoms with van der Waals surface area (Å²) in [6, 6.07) is 20.1. The lowest BCUT2D eigenvalue weighted by Crippen LogP contribution is -2.41. The van der Waals surface area contributed by atoms with Crippen molar-refractivity contribution in [2.45, 2.75) is 59.4 Å². The minimum atomic E-state index is -0.435. The standard InChI is InChI=1S/C32H38N4O3/c1-6-8-13-20-35(32(38)34-27-16-11-12-17-29(27)39-5)28(7-2)30-33-26-15-10-9-14-25(26)31(37)36(30)24-19-18-22(3)23(4)21-24/h9-12,14-19,21,28H,6-8,13,20H2,1-5H3,(H,34,38). The number of urea groups is 1. The minimum absolute atomic E-state index is 0.143. The number of aromatic nitrogens is 2. The van der Waals surface area contributed by atoms with Gasteiger partial charge >= 0.3 is 6.03 Å². The number of unbranched alkanes of at least 4 members (excludes halogenated alkanes) is 2. The largest absolute Gasteiger partial charge is 0.495 e. The zero-order chi connectivity index (χ0) is 27.9. The van der Waals surface area contributed by atoms with E-state index in [0.717, 1.165) is 36.1 Å². The number of methoxy groups -OCH3 is 1. The van der Waals surface area contributed by atoms with Crippen molar-refractivity contribution in [1.29, 1.82) is 0 Å². The fraction of sp³-hybridized carbons (Fsp3) is 0.344. The molecule has 1 unspecified atom stereocenters. The fourth-order valence-electron chi connectivity index (χ4n) is 4.90. The van der Waals surface area contributed by atoms with Crippen LogP contribution >= 0.6 is 0 Å². The molecule has 0 saturated carbocycles. The molecule has 0 aliphatic carbocycles. The number of anilines is 1. The van der Waals surface area contributed by atoms with Crippen molar-refractivity contribution in [2.75, 3.05) is 19.0 Å². The maximum absolute atomic E-state index is 14.0. The van der Waals surface area contributed by atoms with Crippen LogP contribution in [0.1, 0.15) is 62.5 Å². The van der Waals surface area contributed by atoms with Crippen LogP contribution in [0.5, 0.6) is 5.75 Å². The molecule has 1 atom stereocenters. The van der Waals surface area contributed by atoms with Crippen LogP contribution in [0.2, 0.25) is 0 Å². The van der Waals surface area contributed by atoms with Gasteiger partial charge in [0.25, 0.3) is 5.56 Å². The third-order valence-electron chi connectivity index (χ3n) is 7.22. The molecule has 1 heterocycles. The summed E-state index contributed by atoms with van der Waals surface area (Å²) >= 11 is 0. The number of rotatable bonds is 10. The third-order valence-corrected chi connectivity index (χ3v) is 7.22. The average Bonchev–Trinajstić information content (AvgIpc) is 2.94. The lowest BCUT2D eigenvalue weighted by molar-refractivity contribution is 0.179. The van der Waals surface area contributed by atoms with Crippen LogP contribution in [0, 0.1) is 13.8 Å². The van der Waals surface area contributed by atoms with E-state index in [1.54, 1.807) is 17.7 Å². The van der Waals surface area contributed by atoms with Gasteiger partial charge in [-0.1, -0.05) is 57.0 Å². The molecular formula is C32H38N4O3. The predicted octanol–water partition coefficient (Wildman–Crippen LogP) is 7.19. The van der Waals surface area contributed by atoms with Crippen molar-refractivity contribution in [3.05, 3.63) is 94.0 Å². The summed E-state index contributed by atoms with van der Waals surface area (Å²) in [7, 11) is 1.58. The van der Waals surface area contributed by atoms with Gasteiger partial charge in [-0.3, -0.25) is 9.36 Å². The first-order chi connectivity index (χ1) is 18.9. The minimum Gasteiger partial charge on any atom is -0.495 e. The van der Waals surface area contributed by atoms with Gasteiger partial charge in [0.15, 0.2) is 0 Å². The molecular weight excluding hydrogens is 488 g/mol. The summed E-state index contributed by atoms with van der Waals surface area (Å²) in [6.07, 6.45) is 3.44. The number of ether oxygens (including phenoxy) is 1. The van der Waals surface area contributed by atoms with E-state index < -0.39 is 6.04 Å². The molecule has 1 aromatic heterocycles. The Bertz CT molecular complexity index is 1510. The smallest absolute Gasteiger partial charge is 0.322 e. The Labute approximate surface area is 230 Å². The van der Waals surface area contributed by atoms with Crippen LogP contribution in [-0.2, 0) is 0 Å². The number of benzene rings is 3. The first kappa shape index (κ1) is 27.9. The number of nitrogens with one attached hydrogen (secondary N) is 1. The Balaban J connectivity index is 1.88. The Morgan fingerprint density at radius 3 is 2.46 bits per heavy atom. The van der Waals surface area contributed by atoms with Crippen LogP contribution in [0.4, 0.5) is 10.5 Å². The number of para-hydroxylation sites is 3. The Hall–Kier alpha value is -4.13. The van der Waals surface area contributed by atoms with Crippen LogP contribution < -0.4 is 15.6 Å². The number of hydrogen-bond donors (Lipinski definition) is 1. The summed E-state index contributed by atoms with van der Waals surface area (Å²) < 4.78 is 7.15. The van der Waals surface area contributed by atoms with Gasteiger partial charge in [-0.2, -0.15) is 0 Å². The van der Waals surface area contributed by atoms with Gasteiger partial charge in [-0.05, 0) is 74.2 Å². The molecule has 7 heteroatoms. The lowest BCUT2D eigenvalue weighted by Gasteiger charge is -2.32. The number of aryl methyl sites for hydroxylation is 2. The van der Waals surface area contributed by atoms with E-state index >= 15 is 0 Å². The van der Waals surface area contributed by atoms with E-state index in [1.165, 1.54) is 0 Å². The van der Waals surface area contributed by atoms with Crippen LogP contribution in [-0.4, -0.2) is 34.1 Å². The van der Waals surface area contributed by atoms with E-state index in [0.29, 0.717) is 41.1 Å². The van der Waals surface area contributed by atoms with Gasteiger partial charge in [-0.15, -0.1) is 0 Å². The zero-order valence-corrected chi connectivity index (χ0v) is 23.5. The van der Waals surface area contributed by atoms with E-state index in [-0.39, 0.29) is 11.6 Å².